The molecule has 0 saturated carbocycles. The third kappa shape index (κ3) is 2.94. The maximum absolute atomic E-state index is 7.37. The first-order valence-corrected chi connectivity index (χ1v) is 6.20. The number of hydrogen-bond acceptors (Lipinski definition) is 6. The Bertz CT molecular complexity index is 525. The molecule has 0 aliphatic carbocycles. The summed E-state index contributed by atoms with van der Waals surface area (Å²) in [6.45, 7) is 4.11. The summed E-state index contributed by atoms with van der Waals surface area (Å²) in [6, 6.07) is 1.12. The quantitative estimate of drug-likeness (QED) is 0.835. The molecule has 1 aliphatic rings. The van der Waals surface area contributed by atoms with Crippen molar-refractivity contribution in [1.29, 1.82) is 0 Å². The van der Waals surface area contributed by atoms with Crippen molar-refractivity contribution in [1.82, 2.24) is 5.16 Å². The fraction of sp³-hybridized carbons (Fsp3) is 0.615. The number of aromatic nitrogens is 1. The normalized spacial score (nSPS) is 23.7. The van der Waals surface area contributed by atoms with Gasteiger partial charge < -0.3 is 14.0 Å². The molecule has 0 fully saturated rings. The van der Waals surface area contributed by atoms with Crippen molar-refractivity contribution in [3.63, 3.8) is 0 Å². The molecule has 19 heavy (non-hydrogen) atoms. The van der Waals surface area contributed by atoms with Crippen LogP contribution in [0.3, 0.4) is 0 Å². The zero-order valence-corrected chi connectivity index (χ0v) is 11.6. The van der Waals surface area contributed by atoms with Gasteiger partial charge in [0, 0.05) is 12.5 Å². The summed E-state index contributed by atoms with van der Waals surface area (Å²) in [5, 5.41) is 3.55. The van der Waals surface area contributed by atoms with E-state index >= 15 is 0 Å². The molecule has 0 bridgehead atoms. The highest BCUT2D eigenvalue weighted by molar-refractivity contribution is 5.94. The Hall–Kier alpha value is -1.85. The van der Waals surface area contributed by atoms with Crippen LogP contribution in [-0.2, 0) is 15.9 Å². The molecular weight excluding hydrogens is 246 g/mol. The lowest BCUT2D eigenvalue weighted by atomic mass is 10.0. The van der Waals surface area contributed by atoms with E-state index in [2.05, 4.69) is 29.0 Å². The van der Waals surface area contributed by atoms with Crippen LogP contribution in [0.2, 0.25) is 0 Å². The van der Waals surface area contributed by atoms with Gasteiger partial charge in [0.2, 0.25) is 11.8 Å². The molecule has 0 unspecified atom stereocenters. The van der Waals surface area contributed by atoms with Crippen LogP contribution in [0.25, 0.3) is 0 Å². The minimum atomic E-state index is -0.308. The highest BCUT2D eigenvalue weighted by Crippen LogP contribution is 2.19. The van der Waals surface area contributed by atoms with Crippen molar-refractivity contribution in [2.45, 2.75) is 32.4 Å². The Morgan fingerprint density at radius 1 is 1.32 bits per heavy atom. The van der Waals surface area contributed by atoms with Gasteiger partial charge in [-0.05, 0) is 5.92 Å². The molecule has 0 amide bonds. The van der Waals surface area contributed by atoms with E-state index in [1.165, 1.54) is 0 Å². The first kappa shape index (κ1) is 12.2. The van der Waals surface area contributed by atoms with Crippen LogP contribution in [0.15, 0.2) is 26.7 Å². The van der Waals surface area contributed by atoms with Gasteiger partial charge >= 0.3 is 0 Å². The molecule has 1 aromatic rings. The van der Waals surface area contributed by atoms with Gasteiger partial charge in [0.05, 0.1) is 21.8 Å². The van der Waals surface area contributed by atoms with E-state index in [-0.39, 0.29) is 24.2 Å². The second-order valence-corrected chi connectivity index (χ2v) is 4.67. The molecule has 6 heteroatoms. The molecule has 0 saturated heterocycles. The Balaban J connectivity index is 2.23. The minimum Gasteiger partial charge on any atom is -0.483 e. The van der Waals surface area contributed by atoms with E-state index in [0.29, 0.717) is 24.0 Å². The van der Waals surface area contributed by atoms with Gasteiger partial charge in [0.15, 0.2) is 0 Å². The van der Waals surface area contributed by atoms with E-state index in [1.807, 2.05) is 0 Å². The second kappa shape index (κ2) is 5.86. The summed E-state index contributed by atoms with van der Waals surface area (Å²) in [7, 11) is 3.17. The van der Waals surface area contributed by atoms with Crippen molar-refractivity contribution >= 4 is 11.8 Å². The standard InChI is InChI=1S/C13H19N3O3/c1-8(2)11-13(18-4)15-10(12(16-11)17-3)7-9-5-6-14-19-9/h5-6,8,10-11H,7H2,1-4H3/t10-,11+/m0/s1/i6D. The number of aliphatic imine (C=N–C) groups is 2. The highest BCUT2D eigenvalue weighted by atomic mass is 16.5. The maximum atomic E-state index is 7.37. The first-order valence-electron chi connectivity index (χ1n) is 6.70. The van der Waals surface area contributed by atoms with E-state index in [4.69, 9.17) is 15.4 Å². The van der Waals surface area contributed by atoms with Crippen LogP contribution in [-0.4, -0.2) is 43.3 Å². The summed E-state index contributed by atoms with van der Waals surface area (Å²) >= 11 is 0. The summed E-state index contributed by atoms with van der Waals surface area (Å²) in [5.74, 6) is 1.99. The average molecular weight is 266 g/mol. The third-order valence-corrected chi connectivity index (χ3v) is 2.97. The summed E-state index contributed by atoms with van der Waals surface area (Å²) in [4.78, 5) is 9.12. The zero-order chi connectivity index (χ0) is 14.7. The number of nitrogens with zero attached hydrogens (tertiary/aromatic N) is 3. The summed E-state index contributed by atoms with van der Waals surface area (Å²) in [5.41, 5.74) is 0. The molecule has 1 aromatic heterocycles. The van der Waals surface area contributed by atoms with Crippen LogP contribution in [0, 0.1) is 5.92 Å². The monoisotopic (exact) mass is 266 g/mol. The largest absolute Gasteiger partial charge is 0.483 e. The Morgan fingerprint density at radius 2 is 2.05 bits per heavy atom. The molecule has 104 valence electrons. The van der Waals surface area contributed by atoms with E-state index in [0.717, 1.165) is 0 Å². The van der Waals surface area contributed by atoms with Gasteiger partial charge in [-0.25, -0.2) is 9.98 Å². The second-order valence-electron chi connectivity index (χ2n) is 4.67. The molecule has 2 rings (SSSR count). The number of rotatable bonds is 3. The van der Waals surface area contributed by atoms with Crippen LogP contribution in [0.5, 0.6) is 0 Å². The maximum Gasteiger partial charge on any atom is 0.209 e. The van der Waals surface area contributed by atoms with E-state index in [9.17, 15) is 0 Å². The summed E-state index contributed by atoms with van der Waals surface area (Å²) < 4.78 is 23.1. The average Bonchev–Trinajstić information content (AvgIpc) is 2.83. The third-order valence-electron chi connectivity index (χ3n) is 2.97. The van der Waals surface area contributed by atoms with Crippen LogP contribution >= 0.6 is 0 Å². The predicted octanol–water partition coefficient (Wildman–Crippen LogP) is 1.71. The lowest BCUT2D eigenvalue weighted by Crippen LogP contribution is -2.38. The van der Waals surface area contributed by atoms with Gasteiger partial charge in [0.25, 0.3) is 0 Å². The van der Waals surface area contributed by atoms with Crippen molar-refractivity contribution in [2.24, 2.45) is 15.9 Å². The lowest BCUT2D eigenvalue weighted by molar-refractivity contribution is 0.325. The highest BCUT2D eigenvalue weighted by Gasteiger charge is 2.31. The molecule has 0 radical (unpaired) electrons. The number of hydrogen-bond donors (Lipinski definition) is 0. The summed E-state index contributed by atoms with van der Waals surface area (Å²) in [6.07, 6.45) is 0.540. The molecule has 2 atom stereocenters. The molecule has 1 aliphatic heterocycles. The zero-order valence-electron chi connectivity index (χ0n) is 12.6. The fourth-order valence-electron chi connectivity index (χ4n) is 1.99. The van der Waals surface area contributed by atoms with Gasteiger partial charge in [0.1, 0.15) is 17.8 Å². The molecule has 0 N–H and O–H groups in total. The van der Waals surface area contributed by atoms with Crippen LogP contribution < -0.4 is 0 Å². The van der Waals surface area contributed by atoms with Crippen molar-refractivity contribution in [3.8, 4) is 0 Å². The minimum absolute atomic E-state index is 0.0997. The van der Waals surface area contributed by atoms with Crippen molar-refractivity contribution in [3.05, 3.63) is 18.0 Å². The number of methoxy groups -OCH3 is 2. The Kier molecular flexibility index (Phi) is 3.76. The van der Waals surface area contributed by atoms with Gasteiger partial charge in [-0.2, -0.15) is 0 Å². The smallest absolute Gasteiger partial charge is 0.209 e. The van der Waals surface area contributed by atoms with Gasteiger partial charge in [-0.1, -0.05) is 19.0 Å². The topological polar surface area (TPSA) is 69.2 Å². The van der Waals surface area contributed by atoms with Crippen molar-refractivity contribution < 1.29 is 15.4 Å². The lowest BCUT2D eigenvalue weighted by Gasteiger charge is -2.26. The van der Waals surface area contributed by atoms with Crippen molar-refractivity contribution in [2.75, 3.05) is 14.2 Å². The molecule has 0 spiro atoms. The SMILES string of the molecule is [2H]c1cc(C[C@@H]2N=C(OC)[C@@H](C(C)C)N=C2OC)on1. The Labute approximate surface area is 113 Å². The Morgan fingerprint density at radius 3 is 2.58 bits per heavy atom. The molecule has 6 nitrogen and oxygen atoms in total. The fourth-order valence-corrected chi connectivity index (χ4v) is 1.99. The van der Waals surface area contributed by atoms with Crippen LogP contribution in [0.4, 0.5) is 0 Å². The number of ether oxygens (including phenoxy) is 2. The van der Waals surface area contributed by atoms with E-state index < -0.39 is 0 Å². The van der Waals surface area contributed by atoms with Gasteiger partial charge in [-0.15, -0.1) is 0 Å². The molecular formula is C13H19N3O3. The van der Waals surface area contributed by atoms with E-state index in [1.54, 1.807) is 20.3 Å². The van der Waals surface area contributed by atoms with Crippen LogP contribution in [0.1, 0.15) is 21.0 Å². The molecule has 0 aromatic carbocycles. The molecule has 2 heterocycles. The predicted molar refractivity (Wildman–Crippen MR) is 71.5 cm³/mol. The van der Waals surface area contributed by atoms with Gasteiger partial charge in [-0.3, -0.25) is 0 Å². The first-order chi connectivity index (χ1) is 9.55.